The molecular formula is C26H33N5OS. The van der Waals surface area contributed by atoms with E-state index >= 15 is 0 Å². The van der Waals surface area contributed by atoms with E-state index in [1.54, 1.807) is 18.0 Å². The summed E-state index contributed by atoms with van der Waals surface area (Å²) in [5.41, 5.74) is 2.90. The Balaban J connectivity index is 1.83. The molecule has 1 aromatic carbocycles. The first-order chi connectivity index (χ1) is 16.0. The Morgan fingerprint density at radius 3 is 2.82 bits per heavy atom. The monoisotopic (exact) mass is 463 g/mol. The minimum absolute atomic E-state index is 0.105. The van der Waals surface area contributed by atoms with E-state index in [0.717, 1.165) is 48.6 Å². The summed E-state index contributed by atoms with van der Waals surface area (Å²) in [5, 5.41) is 12.7. The minimum atomic E-state index is -0.105. The Morgan fingerprint density at radius 1 is 1.33 bits per heavy atom. The maximum Gasteiger partial charge on any atom is 0.266 e. The first-order valence-corrected chi connectivity index (χ1v) is 12.4. The first kappa shape index (κ1) is 24.5. The zero-order valence-corrected chi connectivity index (χ0v) is 20.5. The summed E-state index contributed by atoms with van der Waals surface area (Å²) in [7, 11) is 1.77. The maximum atomic E-state index is 13.4. The Hall–Kier alpha value is -3.11. The molecule has 0 bridgehead atoms. The van der Waals surface area contributed by atoms with Gasteiger partial charge in [0.15, 0.2) is 0 Å². The van der Waals surface area contributed by atoms with Crippen LogP contribution in [0.15, 0.2) is 41.9 Å². The molecule has 0 spiro atoms. The highest BCUT2D eigenvalue weighted by Crippen LogP contribution is 2.34. The number of nitriles is 1. The number of benzene rings is 1. The molecule has 174 valence electrons. The van der Waals surface area contributed by atoms with Gasteiger partial charge in [0, 0.05) is 38.9 Å². The van der Waals surface area contributed by atoms with E-state index in [1.165, 1.54) is 30.6 Å². The van der Waals surface area contributed by atoms with E-state index in [9.17, 15) is 10.1 Å². The fourth-order valence-corrected chi connectivity index (χ4v) is 4.77. The Kier molecular flexibility index (Phi) is 9.08. The molecule has 0 saturated carbocycles. The van der Waals surface area contributed by atoms with Crippen molar-refractivity contribution in [3.8, 4) is 6.07 Å². The number of rotatable bonds is 10. The molecule has 7 heteroatoms. The third-order valence-corrected chi connectivity index (χ3v) is 6.89. The molecule has 2 heterocycles. The summed E-state index contributed by atoms with van der Waals surface area (Å²) in [6.07, 6.45) is 7.65. The lowest BCUT2D eigenvalue weighted by Crippen LogP contribution is -2.28. The number of carbonyl (C=O) groups excluding carboxylic acids is 1. The van der Waals surface area contributed by atoms with Gasteiger partial charge in [-0.2, -0.15) is 5.26 Å². The molecule has 1 aromatic heterocycles. The predicted octanol–water partition coefficient (Wildman–Crippen LogP) is 5.40. The number of amides is 1. The Morgan fingerprint density at radius 2 is 2.09 bits per heavy atom. The molecule has 6 nitrogen and oxygen atoms in total. The number of carbonyl (C=O) groups is 1. The van der Waals surface area contributed by atoms with E-state index in [4.69, 9.17) is 4.99 Å². The van der Waals surface area contributed by atoms with Crippen molar-refractivity contribution in [2.75, 3.05) is 26.7 Å². The second kappa shape index (κ2) is 12.2. The molecule has 1 N–H and O–H groups in total. The zero-order chi connectivity index (χ0) is 23.6. The molecule has 1 saturated heterocycles. The number of piperidine rings is 1. The number of thiophene rings is 1. The second-order valence-corrected chi connectivity index (χ2v) is 9.41. The summed E-state index contributed by atoms with van der Waals surface area (Å²) in [6, 6.07) is 11.5. The van der Waals surface area contributed by atoms with Gasteiger partial charge in [-0.05, 0) is 43.4 Å². The largest absolute Gasteiger partial charge is 0.384 e. The van der Waals surface area contributed by atoms with Crippen molar-refractivity contribution in [3.63, 3.8) is 0 Å². The van der Waals surface area contributed by atoms with Crippen LogP contribution in [0.5, 0.6) is 0 Å². The highest BCUT2D eigenvalue weighted by molar-refractivity contribution is 7.15. The van der Waals surface area contributed by atoms with E-state index in [1.807, 2.05) is 30.6 Å². The molecule has 0 radical (unpaired) electrons. The molecule has 1 amide bonds. The molecule has 2 aromatic rings. The second-order valence-electron chi connectivity index (χ2n) is 8.36. The normalized spacial score (nSPS) is 13.7. The third kappa shape index (κ3) is 6.69. The van der Waals surface area contributed by atoms with E-state index in [2.05, 4.69) is 29.8 Å². The predicted molar refractivity (Wildman–Crippen MR) is 137 cm³/mol. The first-order valence-electron chi connectivity index (χ1n) is 11.6. The average molecular weight is 464 g/mol. The number of nitrogens with zero attached hydrogens (tertiary/aromatic N) is 4. The van der Waals surface area contributed by atoms with Crippen LogP contribution in [-0.2, 0) is 6.54 Å². The van der Waals surface area contributed by atoms with Gasteiger partial charge in [-0.3, -0.25) is 4.79 Å². The van der Waals surface area contributed by atoms with Gasteiger partial charge >= 0.3 is 0 Å². The lowest BCUT2D eigenvalue weighted by atomic mass is 10.1. The zero-order valence-electron chi connectivity index (χ0n) is 19.6. The molecule has 1 fully saturated rings. The minimum Gasteiger partial charge on any atom is -0.384 e. The summed E-state index contributed by atoms with van der Waals surface area (Å²) < 4.78 is 0. The van der Waals surface area contributed by atoms with Crippen molar-refractivity contribution in [2.45, 2.75) is 45.6 Å². The van der Waals surface area contributed by atoms with Gasteiger partial charge in [0.2, 0.25) is 0 Å². The van der Waals surface area contributed by atoms with E-state index in [0.29, 0.717) is 22.7 Å². The fourth-order valence-electron chi connectivity index (χ4n) is 3.73. The van der Waals surface area contributed by atoms with Crippen molar-refractivity contribution >= 4 is 35.0 Å². The van der Waals surface area contributed by atoms with E-state index < -0.39 is 0 Å². The Labute approximate surface area is 201 Å². The topological polar surface area (TPSA) is 71.7 Å². The number of aliphatic imine (C=N–C) groups is 1. The van der Waals surface area contributed by atoms with Crippen LogP contribution in [0.2, 0.25) is 0 Å². The summed E-state index contributed by atoms with van der Waals surface area (Å²) >= 11 is 1.42. The van der Waals surface area contributed by atoms with Crippen molar-refractivity contribution in [2.24, 2.45) is 4.99 Å². The Bertz CT molecular complexity index is 1030. The molecular weight excluding hydrogens is 430 g/mol. The fraction of sp³-hybridized carbons (Fsp3) is 0.423. The van der Waals surface area contributed by atoms with Crippen molar-refractivity contribution in [1.29, 1.82) is 5.26 Å². The van der Waals surface area contributed by atoms with E-state index in [-0.39, 0.29) is 5.91 Å². The van der Waals surface area contributed by atoms with Crippen LogP contribution in [0, 0.1) is 11.3 Å². The van der Waals surface area contributed by atoms with Crippen LogP contribution in [0.4, 0.5) is 5.69 Å². The van der Waals surface area contributed by atoms with Crippen molar-refractivity contribution < 1.29 is 4.79 Å². The molecule has 0 atom stereocenters. The number of unbranched alkanes of at least 4 members (excludes halogenated alkanes) is 1. The van der Waals surface area contributed by atoms with Crippen molar-refractivity contribution in [1.82, 2.24) is 15.1 Å². The average Bonchev–Trinajstić information content (AvgIpc) is 3.27. The quantitative estimate of drug-likeness (QED) is 0.291. The number of nitrogens with one attached hydrogen (secondary N) is 1. The summed E-state index contributed by atoms with van der Waals surface area (Å²) in [6.45, 7) is 9.54. The van der Waals surface area contributed by atoms with Gasteiger partial charge in [0.25, 0.3) is 5.91 Å². The highest BCUT2D eigenvalue weighted by atomic mass is 32.1. The summed E-state index contributed by atoms with van der Waals surface area (Å²) in [4.78, 5) is 23.5. The maximum absolute atomic E-state index is 13.4. The number of likely N-dealkylation sites (tertiary alicyclic amines) is 1. The van der Waals surface area contributed by atoms with Crippen LogP contribution >= 0.6 is 11.3 Å². The van der Waals surface area contributed by atoms with Crippen LogP contribution in [-0.4, -0.2) is 48.7 Å². The number of hydrogen-bond donors (Lipinski definition) is 1. The van der Waals surface area contributed by atoms with Gasteiger partial charge < -0.3 is 15.1 Å². The molecule has 1 aliphatic heterocycles. The van der Waals surface area contributed by atoms with Crippen LogP contribution in [0.25, 0.3) is 5.70 Å². The van der Waals surface area contributed by atoms with Gasteiger partial charge in [-0.1, -0.05) is 38.1 Å². The number of hydrogen-bond acceptors (Lipinski definition) is 5. The van der Waals surface area contributed by atoms with Gasteiger partial charge in [0.05, 0.1) is 28.5 Å². The molecule has 1 aliphatic rings. The highest BCUT2D eigenvalue weighted by Gasteiger charge is 2.22. The SMILES string of the molecule is C=C(NCCCC)c1cc(N=CN2CCCCC2)c(C(=O)N(C)Cc2ccccc2C#N)s1. The lowest BCUT2D eigenvalue weighted by Gasteiger charge is -2.23. The molecule has 33 heavy (non-hydrogen) atoms. The third-order valence-electron chi connectivity index (χ3n) is 5.72. The standard InChI is InChI=1S/C26H33N5OS/c1-4-5-13-28-20(2)24-16-23(29-19-31-14-9-6-10-15-31)25(33-24)26(32)30(3)18-22-12-8-7-11-21(22)17-27/h7-8,11-12,16,19,28H,2,4-6,9-10,13-15,18H2,1,3H3. The molecule has 3 rings (SSSR count). The van der Waals surface area contributed by atoms with Gasteiger partial charge in [-0.15, -0.1) is 11.3 Å². The smallest absolute Gasteiger partial charge is 0.266 e. The van der Waals surface area contributed by atoms with Crippen molar-refractivity contribution in [3.05, 3.63) is 57.8 Å². The van der Waals surface area contributed by atoms with Gasteiger partial charge in [0.1, 0.15) is 4.88 Å². The summed E-state index contributed by atoms with van der Waals surface area (Å²) in [5.74, 6) is -0.105. The molecule has 0 unspecified atom stereocenters. The van der Waals surface area contributed by atoms with Crippen LogP contribution < -0.4 is 5.32 Å². The van der Waals surface area contributed by atoms with Crippen LogP contribution in [0.1, 0.15) is 64.7 Å². The van der Waals surface area contributed by atoms with Crippen LogP contribution in [0.3, 0.4) is 0 Å². The lowest BCUT2D eigenvalue weighted by molar-refractivity contribution is 0.0790. The van der Waals surface area contributed by atoms with Gasteiger partial charge in [-0.25, -0.2) is 4.99 Å². The molecule has 0 aliphatic carbocycles.